The summed E-state index contributed by atoms with van der Waals surface area (Å²) in [6.45, 7) is 25.5. The van der Waals surface area contributed by atoms with Gasteiger partial charge in [-0.1, -0.05) is 76.2 Å². The molecule has 0 bridgehead atoms. The first-order chi connectivity index (χ1) is 7.56. The van der Waals surface area contributed by atoms with Crippen LogP contribution in [-0.4, -0.2) is 11.7 Å². The van der Waals surface area contributed by atoms with Gasteiger partial charge in [-0.2, -0.15) is 0 Å². The molecule has 0 amide bonds. The molecule has 0 aromatic carbocycles. The van der Waals surface area contributed by atoms with Crippen molar-refractivity contribution >= 4 is 0 Å². The summed E-state index contributed by atoms with van der Waals surface area (Å²) in [6, 6.07) is 0. The van der Waals surface area contributed by atoms with Gasteiger partial charge in [0, 0.05) is 6.61 Å². The molecule has 0 fully saturated rings. The second-order valence-corrected chi connectivity index (χ2v) is 9.54. The maximum atomic E-state index is 10.0. The van der Waals surface area contributed by atoms with Crippen LogP contribution in [0.25, 0.3) is 0 Å². The molecule has 110 valence electrons. The van der Waals surface area contributed by atoms with Gasteiger partial charge in [-0.3, -0.25) is 0 Å². The van der Waals surface area contributed by atoms with Crippen LogP contribution in [0.1, 0.15) is 76.2 Å². The van der Waals surface area contributed by atoms with Crippen molar-refractivity contribution in [1.29, 1.82) is 0 Å². The van der Waals surface area contributed by atoms with E-state index in [2.05, 4.69) is 76.2 Å². The second-order valence-electron chi connectivity index (χ2n) is 9.54. The van der Waals surface area contributed by atoms with Crippen molar-refractivity contribution in [3.8, 4) is 0 Å². The van der Waals surface area contributed by atoms with E-state index in [1.165, 1.54) is 0 Å². The summed E-state index contributed by atoms with van der Waals surface area (Å²) in [4.78, 5) is 0. The van der Waals surface area contributed by atoms with Gasteiger partial charge in [0.15, 0.2) is 0 Å². The third kappa shape index (κ3) is 2.35. The summed E-state index contributed by atoms with van der Waals surface area (Å²) in [5, 5.41) is 10.0. The fourth-order valence-electron chi connectivity index (χ4n) is 6.54. The van der Waals surface area contributed by atoms with E-state index in [0.717, 1.165) is 0 Å². The molecule has 0 heterocycles. The molecule has 0 aliphatic carbocycles. The van der Waals surface area contributed by atoms with Crippen molar-refractivity contribution in [2.75, 3.05) is 6.61 Å². The van der Waals surface area contributed by atoms with Crippen LogP contribution < -0.4 is 0 Å². The van der Waals surface area contributed by atoms with Crippen LogP contribution in [-0.2, 0) is 0 Å². The van der Waals surface area contributed by atoms with Gasteiger partial charge in [0.05, 0.1) is 0 Å². The molecular weight excluding hydrogens is 220 g/mol. The Morgan fingerprint density at radius 2 is 0.778 bits per heavy atom. The lowest BCUT2D eigenvalue weighted by molar-refractivity contribution is -0.214. The van der Waals surface area contributed by atoms with Crippen LogP contribution in [0.15, 0.2) is 0 Å². The van der Waals surface area contributed by atoms with Gasteiger partial charge < -0.3 is 5.11 Å². The van der Waals surface area contributed by atoms with Crippen LogP contribution in [0, 0.1) is 27.1 Å². The van der Waals surface area contributed by atoms with Crippen molar-refractivity contribution in [2.45, 2.75) is 76.2 Å². The fraction of sp³-hybridized carbons (Fsp3) is 1.00. The molecule has 0 saturated heterocycles. The number of aliphatic hydroxyl groups is 1. The SMILES string of the molecule is CC(C)(C)C(C(C)(C)C)(C(C)(C)C)C(C)(C)CO. The van der Waals surface area contributed by atoms with Gasteiger partial charge >= 0.3 is 0 Å². The number of hydrogen-bond donors (Lipinski definition) is 1. The van der Waals surface area contributed by atoms with Gasteiger partial charge in [0.25, 0.3) is 0 Å². The molecule has 1 N–H and O–H groups in total. The van der Waals surface area contributed by atoms with E-state index in [0.29, 0.717) is 0 Å². The van der Waals surface area contributed by atoms with Crippen LogP contribution >= 0.6 is 0 Å². The van der Waals surface area contributed by atoms with Crippen LogP contribution in [0.4, 0.5) is 0 Å². The minimum Gasteiger partial charge on any atom is -0.396 e. The van der Waals surface area contributed by atoms with Crippen LogP contribution in [0.2, 0.25) is 0 Å². The van der Waals surface area contributed by atoms with Crippen LogP contribution in [0.3, 0.4) is 0 Å². The summed E-state index contributed by atoms with van der Waals surface area (Å²) >= 11 is 0. The normalized spacial score (nSPS) is 16.0. The Balaban J connectivity index is 6.47. The molecule has 0 aliphatic heterocycles. The summed E-state index contributed by atoms with van der Waals surface area (Å²) in [5.74, 6) is 0. The zero-order valence-corrected chi connectivity index (χ0v) is 14.7. The number of rotatable bonds is 2. The minimum absolute atomic E-state index is 0.00868. The van der Waals surface area contributed by atoms with Gasteiger partial charge in [-0.05, 0) is 27.1 Å². The largest absolute Gasteiger partial charge is 0.396 e. The maximum absolute atomic E-state index is 10.0. The van der Waals surface area contributed by atoms with E-state index < -0.39 is 0 Å². The summed E-state index contributed by atoms with van der Waals surface area (Å²) in [6.07, 6.45) is 0. The Bertz CT molecular complexity index is 242. The lowest BCUT2D eigenvalue weighted by Gasteiger charge is -2.68. The molecule has 0 atom stereocenters. The number of hydrogen-bond acceptors (Lipinski definition) is 1. The van der Waals surface area contributed by atoms with Crippen molar-refractivity contribution in [1.82, 2.24) is 0 Å². The highest BCUT2D eigenvalue weighted by atomic mass is 16.3. The quantitative estimate of drug-likeness (QED) is 0.726. The molecule has 0 spiro atoms. The van der Waals surface area contributed by atoms with Gasteiger partial charge in [0.2, 0.25) is 0 Å². The van der Waals surface area contributed by atoms with E-state index in [1.54, 1.807) is 0 Å². The maximum Gasteiger partial charge on any atom is 0.0488 e. The Morgan fingerprint density at radius 1 is 0.556 bits per heavy atom. The zero-order valence-electron chi connectivity index (χ0n) is 14.7. The lowest BCUT2D eigenvalue weighted by atomic mass is 9.36. The third-order valence-corrected chi connectivity index (χ3v) is 4.79. The monoisotopic (exact) mass is 256 g/mol. The van der Waals surface area contributed by atoms with E-state index in [4.69, 9.17) is 0 Å². The molecule has 18 heavy (non-hydrogen) atoms. The highest BCUT2D eigenvalue weighted by molar-refractivity contribution is 5.11. The van der Waals surface area contributed by atoms with Crippen molar-refractivity contribution in [3.63, 3.8) is 0 Å². The molecule has 0 aromatic rings. The first kappa shape index (κ1) is 18.0. The molecular formula is C17H36O. The smallest absolute Gasteiger partial charge is 0.0488 e. The molecule has 0 rings (SSSR count). The molecule has 0 aromatic heterocycles. The summed E-state index contributed by atoms with van der Waals surface area (Å²) in [7, 11) is 0. The molecule has 0 unspecified atom stereocenters. The first-order valence-corrected chi connectivity index (χ1v) is 7.17. The highest BCUT2D eigenvalue weighted by Crippen LogP contribution is 2.69. The molecule has 0 saturated carbocycles. The molecule has 1 nitrogen and oxygen atoms in total. The molecule has 0 aliphatic rings. The summed E-state index contributed by atoms with van der Waals surface area (Å²) < 4.78 is 0. The minimum atomic E-state index is -0.137. The first-order valence-electron chi connectivity index (χ1n) is 7.17. The van der Waals surface area contributed by atoms with Crippen molar-refractivity contribution in [2.24, 2.45) is 27.1 Å². The van der Waals surface area contributed by atoms with Gasteiger partial charge in [-0.25, -0.2) is 0 Å². The van der Waals surface area contributed by atoms with Crippen molar-refractivity contribution < 1.29 is 5.11 Å². The molecule has 0 radical (unpaired) electrons. The predicted molar refractivity (Wildman–Crippen MR) is 81.7 cm³/mol. The lowest BCUT2D eigenvalue weighted by Crippen LogP contribution is -2.63. The summed E-state index contributed by atoms with van der Waals surface area (Å²) in [5.41, 5.74) is 0.192. The Labute approximate surface area is 115 Å². The second kappa shape index (κ2) is 4.51. The van der Waals surface area contributed by atoms with E-state index in [-0.39, 0.29) is 33.7 Å². The number of aliphatic hydroxyl groups excluding tert-OH is 1. The average molecular weight is 256 g/mol. The van der Waals surface area contributed by atoms with Crippen molar-refractivity contribution in [3.05, 3.63) is 0 Å². The van der Waals surface area contributed by atoms with Gasteiger partial charge in [-0.15, -0.1) is 0 Å². The predicted octanol–water partition coefficient (Wildman–Crippen LogP) is 5.13. The Morgan fingerprint density at radius 3 is 0.833 bits per heavy atom. The Kier molecular flexibility index (Phi) is 4.50. The standard InChI is InChI=1S/C17H36O/c1-13(2,3)17(14(4,5)6,15(7,8)9)16(10,11)12-18/h18H,12H2,1-11H3. The van der Waals surface area contributed by atoms with E-state index in [1.807, 2.05) is 0 Å². The highest BCUT2D eigenvalue weighted by Gasteiger charge is 2.64. The Hall–Kier alpha value is -0.0400. The topological polar surface area (TPSA) is 20.2 Å². The van der Waals surface area contributed by atoms with Gasteiger partial charge in [0.1, 0.15) is 0 Å². The zero-order chi connectivity index (χ0) is 15.2. The fourth-order valence-corrected chi connectivity index (χ4v) is 6.54. The van der Waals surface area contributed by atoms with E-state index in [9.17, 15) is 5.11 Å². The average Bonchev–Trinajstić information content (AvgIpc) is 1.94. The third-order valence-electron chi connectivity index (χ3n) is 4.79. The molecule has 1 heteroatoms. The van der Waals surface area contributed by atoms with Crippen LogP contribution in [0.5, 0.6) is 0 Å². The van der Waals surface area contributed by atoms with E-state index >= 15 is 0 Å².